The quantitative estimate of drug-likeness (QED) is 0.420. The topological polar surface area (TPSA) is 88.1 Å². The summed E-state index contributed by atoms with van der Waals surface area (Å²) in [5, 5.41) is 4.33. The molecule has 37 heavy (non-hydrogen) atoms. The van der Waals surface area contributed by atoms with Gasteiger partial charge in [-0.05, 0) is 64.2 Å². The molecule has 2 atom stereocenters. The molecule has 2 aliphatic rings. The summed E-state index contributed by atoms with van der Waals surface area (Å²) in [6.45, 7) is 6.66. The SMILES string of the molecule is CC(Nc1cc(F)c(N(C(=O)OC(C)(C)C)C2=C[S@](=S(=O)=O)C=N2)cc1Cl)c1cc(C2CC2)ccc1F. The molecule has 7 nitrogen and oxygen atoms in total. The van der Waals surface area contributed by atoms with Crippen molar-refractivity contribution in [1.29, 1.82) is 0 Å². The molecular formula is C25H26ClF2N3O4S2. The average molecular weight is 570 g/mol. The van der Waals surface area contributed by atoms with Crippen LogP contribution in [0.3, 0.4) is 0 Å². The standard InChI is InChI=1S/C25H26ClF2N3O4S2/c1-14(17-9-16(15-5-6-15)7-8-19(17)27)30-21-11-20(28)22(10-18(21)26)31(24(32)35-25(2,3)4)23-12-36(13-29-23)37(33)34/h7-15,30H,5-6H2,1-4H3/t14?,36-/m0/s1. The summed E-state index contributed by atoms with van der Waals surface area (Å²) >= 11 is 6.48. The van der Waals surface area contributed by atoms with Gasteiger partial charge in [-0.3, -0.25) is 0 Å². The number of ether oxygens (including phenoxy) is 1. The normalized spacial score (nSPS) is 17.8. The van der Waals surface area contributed by atoms with Crippen molar-refractivity contribution in [1.82, 2.24) is 0 Å². The number of nitrogens with one attached hydrogen (secondary N) is 1. The van der Waals surface area contributed by atoms with E-state index in [1.165, 1.54) is 17.5 Å². The number of anilines is 2. The fourth-order valence-corrected chi connectivity index (χ4v) is 5.61. The molecule has 0 radical (unpaired) electrons. The molecule has 1 heterocycles. The van der Waals surface area contributed by atoms with E-state index >= 15 is 4.39 Å². The number of amides is 1. The molecular weight excluding hydrogens is 544 g/mol. The number of carbonyl (C=O) groups excluding carboxylic acids is 1. The summed E-state index contributed by atoms with van der Waals surface area (Å²) in [7, 11) is -3.88. The zero-order valence-corrected chi connectivity index (χ0v) is 23.0. The molecule has 2 aromatic carbocycles. The summed E-state index contributed by atoms with van der Waals surface area (Å²) in [6.07, 6.45) is 1.19. The van der Waals surface area contributed by atoms with Crippen LogP contribution in [-0.2, 0) is 23.5 Å². The molecule has 1 fully saturated rings. The highest BCUT2D eigenvalue weighted by molar-refractivity contribution is 8.42. The van der Waals surface area contributed by atoms with E-state index in [9.17, 15) is 17.6 Å². The van der Waals surface area contributed by atoms with Gasteiger partial charge in [0.05, 0.1) is 28.0 Å². The molecule has 12 heteroatoms. The second kappa shape index (κ2) is 10.5. The summed E-state index contributed by atoms with van der Waals surface area (Å²) in [5.41, 5.74) is 1.65. The number of aliphatic imine (C=N–C) groups is 1. The van der Waals surface area contributed by atoms with Gasteiger partial charge in [0.15, 0.2) is 5.82 Å². The maximum absolute atomic E-state index is 15.5. The molecule has 2 aromatic rings. The average Bonchev–Trinajstić information content (AvgIpc) is 3.53. The largest absolute Gasteiger partial charge is 0.443 e. The Labute approximate surface area is 222 Å². The van der Waals surface area contributed by atoms with Crippen molar-refractivity contribution in [3.05, 3.63) is 69.3 Å². The van der Waals surface area contributed by atoms with Crippen LogP contribution in [-0.4, -0.2) is 25.7 Å². The Morgan fingerprint density at radius 1 is 1.22 bits per heavy atom. The van der Waals surface area contributed by atoms with E-state index in [1.54, 1.807) is 33.8 Å². The van der Waals surface area contributed by atoms with Crippen LogP contribution in [0.4, 0.5) is 25.0 Å². The van der Waals surface area contributed by atoms with Crippen LogP contribution in [0.2, 0.25) is 5.02 Å². The number of rotatable bonds is 6. The van der Waals surface area contributed by atoms with Gasteiger partial charge in [0, 0.05) is 26.5 Å². The second-order valence-electron chi connectivity index (χ2n) is 9.76. The molecule has 0 spiro atoms. The van der Waals surface area contributed by atoms with Crippen LogP contribution in [0.1, 0.15) is 63.6 Å². The van der Waals surface area contributed by atoms with Crippen LogP contribution in [0, 0.1) is 11.6 Å². The number of carbonyl (C=O) groups is 1. The molecule has 1 amide bonds. The predicted molar refractivity (Wildman–Crippen MR) is 143 cm³/mol. The summed E-state index contributed by atoms with van der Waals surface area (Å²) in [5.74, 6) is -0.892. The smallest absolute Gasteiger partial charge is 0.420 e. The molecule has 4 rings (SSSR count). The van der Waals surface area contributed by atoms with E-state index in [4.69, 9.17) is 16.3 Å². The highest BCUT2D eigenvalue weighted by Crippen LogP contribution is 2.41. The van der Waals surface area contributed by atoms with E-state index in [0.29, 0.717) is 11.5 Å². The van der Waals surface area contributed by atoms with E-state index in [2.05, 4.69) is 10.3 Å². The Balaban J connectivity index is 1.68. The van der Waals surface area contributed by atoms with Crippen molar-refractivity contribution in [2.45, 2.75) is 58.1 Å². The number of hydrogen-bond acceptors (Lipinski definition) is 6. The zero-order valence-electron chi connectivity index (χ0n) is 20.6. The van der Waals surface area contributed by atoms with Crippen molar-refractivity contribution in [3.8, 4) is 0 Å². The third-order valence-corrected chi connectivity index (χ3v) is 8.53. The van der Waals surface area contributed by atoms with Gasteiger partial charge in [-0.25, -0.2) is 23.5 Å². The Bertz CT molecular complexity index is 1460. The van der Waals surface area contributed by atoms with Crippen LogP contribution >= 0.6 is 11.6 Å². The van der Waals surface area contributed by atoms with Crippen LogP contribution in [0.5, 0.6) is 0 Å². The van der Waals surface area contributed by atoms with Crippen LogP contribution in [0.15, 0.2) is 46.6 Å². The molecule has 0 bridgehead atoms. The fourth-order valence-electron chi connectivity index (χ4n) is 3.77. The van der Waals surface area contributed by atoms with Gasteiger partial charge in [-0.1, -0.05) is 23.7 Å². The molecule has 1 saturated carbocycles. The maximum Gasteiger partial charge on any atom is 0.420 e. The van der Waals surface area contributed by atoms with Crippen molar-refractivity contribution < 1.29 is 26.7 Å². The number of hydrogen-bond donors (Lipinski definition) is 1. The molecule has 1 N–H and O–H groups in total. The minimum Gasteiger partial charge on any atom is -0.443 e. The summed E-state index contributed by atoms with van der Waals surface area (Å²) < 4.78 is 58.2. The van der Waals surface area contributed by atoms with Gasteiger partial charge in [0.1, 0.15) is 17.2 Å². The van der Waals surface area contributed by atoms with Gasteiger partial charge in [-0.15, -0.1) is 0 Å². The lowest BCUT2D eigenvalue weighted by Crippen LogP contribution is -2.36. The Kier molecular flexibility index (Phi) is 7.77. The van der Waals surface area contributed by atoms with Gasteiger partial charge < -0.3 is 10.1 Å². The maximum atomic E-state index is 15.5. The first-order valence-electron chi connectivity index (χ1n) is 11.5. The highest BCUT2D eigenvalue weighted by Gasteiger charge is 2.31. The Morgan fingerprint density at radius 2 is 1.92 bits per heavy atom. The monoisotopic (exact) mass is 569 g/mol. The van der Waals surface area contributed by atoms with Gasteiger partial charge >= 0.3 is 6.09 Å². The number of halogens is 3. The van der Waals surface area contributed by atoms with Crippen molar-refractivity contribution in [3.63, 3.8) is 0 Å². The van der Waals surface area contributed by atoms with Crippen molar-refractivity contribution >= 4 is 53.3 Å². The first-order chi connectivity index (χ1) is 17.3. The molecule has 1 unspecified atom stereocenters. The Morgan fingerprint density at radius 3 is 2.51 bits per heavy atom. The zero-order chi connectivity index (χ0) is 27.1. The van der Waals surface area contributed by atoms with E-state index in [0.717, 1.165) is 34.9 Å². The van der Waals surface area contributed by atoms with Crippen LogP contribution in [0.25, 0.3) is 0 Å². The lowest BCUT2D eigenvalue weighted by atomic mass is 10.0. The molecule has 0 saturated heterocycles. The first kappa shape index (κ1) is 27.3. The Hall–Kier alpha value is -2.76. The van der Waals surface area contributed by atoms with Crippen molar-refractivity contribution in [2.24, 2.45) is 4.99 Å². The van der Waals surface area contributed by atoms with Gasteiger partial charge in [0.25, 0.3) is 0 Å². The summed E-state index contributed by atoms with van der Waals surface area (Å²) in [4.78, 5) is 17.9. The van der Waals surface area contributed by atoms with E-state index < -0.39 is 42.3 Å². The molecule has 198 valence electrons. The highest BCUT2D eigenvalue weighted by atomic mass is 35.5. The second-order valence-corrected chi connectivity index (χ2v) is 13.7. The number of nitrogens with zero attached hydrogens (tertiary/aromatic N) is 2. The van der Waals surface area contributed by atoms with Gasteiger partial charge in [0.2, 0.25) is 9.26 Å². The van der Waals surface area contributed by atoms with E-state index in [-0.39, 0.29) is 28.0 Å². The van der Waals surface area contributed by atoms with Crippen molar-refractivity contribution in [2.75, 3.05) is 10.2 Å². The molecule has 1 aliphatic heterocycles. The fraction of sp³-hybridized carbons (Fsp3) is 0.360. The van der Waals surface area contributed by atoms with Gasteiger partial charge in [-0.2, -0.15) is 8.42 Å². The summed E-state index contributed by atoms with van der Waals surface area (Å²) in [6, 6.07) is 6.81. The predicted octanol–water partition coefficient (Wildman–Crippen LogP) is 6.66. The minimum absolute atomic E-state index is 0.0598. The third kappa shape index (κ3) is 6.39. The number of benzene rings is 2. The molecule has 0 aromatic heterocycles. The third-order valence-electron chi connectivity index (χ3n) is 5.66. The first-order valence-corrected chi connectivity index (χ1v) is 14.8. The lowest BCUT2D eigenvalue weighted by Gasteiger charge is -2.27. The van der Waals surface area contributed by atoms with Crippen LogP contribution < -0.4 is 10.2 Å². The molecule has 1 aliphatic carbocycles. The lowest BCUT2D eigenvalue weighted by molar-refractivity contribution is 0.0591. The van der Waals surface area contributed by atoms with E-state index in [1.807, 2.05) is 6.07 Å². The minimum atomic E-state index is -2.50.